The van der Waals surface area contributed by atoms with E-state index in [0.717, 1.165) is 5.75 Å². The smallest absolute Gasteiger partial charge is 0.255 e. The summed E-state index contributed by atoms with van der Waals surface area (Å²) in [4.78, 5) is 26.4. The second-order valence-corrected chi connectivity index (χ2v) is 5.66. The summed E-state index contributed by atoms with van der Waals surface area (Å²) in [7, 11) is 1.59. The summed E-state index contributed by atoms with van der Waals surface area (Å²) in [5, 5.41) is 2.82. The number of hydrogen-bond donors (Lipinski definition) is 1. The molecule has 25 heavy (non-hydrogen) atoms. The average molecular weight is 340 g/mol. The van der Waals surface area contributed by atoms with E-state index < -0.39 is 0 Å². The first-order valence-electron chi connectivity index (χ1n) is 8.10. The number of nitrogens with zero attached hydrogens (tertiary/aromatic N) is 1. The molecule has 1 aliphatic heterocycles. The Hall–Kier alpha value is -2.86. The summed E-state index contributed by atoms with van der Waals surface area (Å²) < 4.78 is 10.3. The lowest BCUT2D eigenvalue weighted by molar-refractivity contribution is 0.0303. The molecule has 0 atom stereocenters. The summed E-state index contributed by atoms with van der Waals surface area (Å²) in [6.07, 6.45) is 0. The van der Waals surface area contributed by atoms with Crippen LogP contribution in [0.2, 0.25) is 0 Å². The van der Waals surface area contributed by atoms with Gasteiger partial charge in [-0.3, -0.25) is 9.59 Å². The van der Waals surface area contributed by atoms with Gasteiger partial charge in [-0.15, -0.1) is 0 Å². The van der Waals surface area contributed by atoms with Crippen molar-refractivity contribution in [3.8, 4) is 5.75 Å². The topological polar surface area (TPSA) is 67.9 Å². The molecule has 3 rings (SSSR count). The third-order valence-corrected chi connectivity index (χ3v) is 4.04. The summed E-state index contributed by atoms with van der Waals surface area (Å²) >= 11 is 0. The Morgan fingerprint density at radius 3 is 2.16 bits per heavy atom. The van der Waals surface area contributed by atoms with Crippen LogP contribution in [0.4, 0.5) is 5.69 Å². The first kappa shape index (κ1) is 17.0. The minimum atomic E-state index is -0.226. The van der Waals surface area contributed by atoms with Crippen LogP contribution in [0, 0.1) is 0 Å². The van der Waals surface area contributed by atoms with Crippen molar-refractivity contribution in [2.24, 2.45) is 0 Å². The van der Waals surface area contributed by atoms with Gasteiger partial charge in [0.1, 0.15) is 5.75 Å². The zero-order valence-electron chi connectivity index (χ0n) is 14.0. The molecule has 6 heteroatoms. The molecule has 0 bridgehead atoms. The third kappa shape index (κ3) is 4.16. The van der Waals surface area contributed by atoms with Gasteiger partial charge in [-0.1, -0.05) is 0 Å². The normalized spacial score (nSPS) is 14.0. The van der Waals surface area contributed by atoms with E-state index in [0.29, 0.717) is 43.1 Å². The Morgan fingerprint density at radius 1 is 0.960 bits per heavy atom. The minimum absolute atomic E-state index is 0.0367. The van der Waals surface area contributed by atoms with E-state index in [-0.39, 0.29) is 11.8 Å². The van der Waals surface area contributed by atoms with Crippen LogP contribution in [0.3, 0.4) is 0 Å². The molecule has 1 saturated heterocycles. The highest BCUT2D eigenvalue weighted by Crippen LogP contribution is 2.16. The Kier molecular flexibility index (Phi) is 5.30. The largest absolute Gasteiger partial charge is 0.497 e. The molecule has 2 aromatic carbocycles. The molecular formula is C19H20N2O4. The quantitative estimate of drug-likeness (QED) is 0.928. The molecule has 0 aliphatic carbocycles. The third-order valence-electron chi connectivity index (χ3n) is 4.04. The molecule has 0 radical (unpaired) electrons. The molecule has 1 fully saturated rings. The van der Waals surface area contributed by atoms with Crippen molar-refractivity contribution in [2.75, 3.05) is 38.7 Å². The van der Waals surface area contributed by atoms with E-state index in [1.165, 1.54) is 0 Å². The number of morpholine rings is 1. The minimum Gasteiger partial charge on any atom is -0.497 e. The van der Waals surface area contributed by atoms with Crippen LogP contribution in [-0.4, -0.2) is 50.1 Å². The predicted molar refractivity (Wildman–Crippen MR) is 94.1 cm³/mol. The lowest BCUT2D eigenvalue weighted by Gasteiger charge is -2.26. The van der Waals surface area contributed by atoms with Gasteiger partial charge in [0.25, 0.3) is 11.8 Å². The second-order valence-electron chi connectivity index (χ2n) is 5.66. The molecule has 130 valence electrons. The van der Waals surface area contributed by atoms with Gasteiger partial charge in [0.05, 0.1) is 20.3 Å². The van der Waals surface area contributed by atoms with Gasteiger partial charge in [-0.05, 0) is 48.5 Å². The van der Waals surface area contributed by atoms with Crippen LogP contribution in [-0.2, 0) is 4.74 Å². The van der Waals surface area contributed by atoms with Crippen molar-refractivity contribution < 1.29 is 19.1 Å². The van der Waals surface area contributed by atoms with Gasteiger partial charge in [-0.25, -0.2) is 0 Å². The maximum absolute atomic E-state index is 12.4. The Labute approximate surface area is 146 Å². The highest BCUT2D eigenvalue weighted by Gasteiger charge is 2.18. The number of benzene rings is 2. The van der Waals surface area contributed by atoms with E-state index in [2.05, 4.69) is 5.32 Å². The van der Waals surface area contributed by atoms with Crippen molar-refractivity contribution in [2.45, 2.75) is 0 Å². The number of ether oxygens (including phenoxy) is 2. The van der Waals surface area contributed by atoms with Crippen molar-refractivity contribution >= 4 is 17.5 Å². The number of rotatable bonds is 4. The number of carbonyl (C=O) groups is 2. The zero-order valence-corrected chi connectivity index (χ0v) is 14.0. The van der Waals surface area contributed by atoms with Crippen LogP contribution in [0.5, 0.6) is 5.75 Å². The number of hydrogen-bond acceptors (Lipinski definition) is 4. The van der Waals surface area contributed by atoms with Gasteiger partial charge in [0.15, 0.2) is 0 Å². The van der Waals surface area contributed by atoms with Gasteiger partial charge in [0.2, 0.25) is 0 Å². The summed E-state index contributed by atoms with van der Waals surface area (Å²) in [5.74, 6) is 0.463. The molecule has 1 N–H and O–H groups in total. The lowest BCUT2D eigenvalue weighted by atomic mass is 10.1. The van der Waals surface area contributed by atoms with Crippen LogP contribution in [0.1, 0.15) is 20.7 Å². The molecule has 0 unspecified atom stereocenters. The molecule has 1 aliphatic rings. The standard InChI is InChI=1S/C19H20N2O4/c1-24-17-8-6-16(7-9-17)20-18(22)14-2-4-15(5-3-14)19(23)21-10-12-25-13-11-21/h2-9H,10-13H2,1H3,(H,20,22). The first-order valence-corrected chi connectivity index (χ1v) is 8.10. The Morgan fingerprint density at radius 2 is 1.56 bits per heavy atom. The Balaban J connectivity index is 1.64. The van der Waals surface area contributed by atoms with E-state index in [1.807, 2.05) is 0 Å². The van der Waals surface area contributed by atoms with Crippen molar-refractivity contribution in [3.63, 3.8) is 0 Å². The van der Waals surface area contributed by atoms with E-state index >= 15 is 0 Å². The number of anilines is 1. The van der Waals surface area contributed by atoms with Crippen molar-refractivity contribution in [1.82, 2.24) is 4.90 Å². The highest BCUT2D eigenvalue weighted by molar-refractivity contribution is 6.05. The van der Waals surface area contributed by atoms with Crippen molar-refractivity contribution in [1.29, 1.82) is 0 Å². The molecular weight excluding hydrogens is 320 g/mol. The summed E-state index contributed by atoms with van der Waals surface area (Å²) in [5.41, 5.74) is 1.75. The molecule has 0 aromatic heterocycles. The number of nitrogens with one attached hydrogen (secondary N) is 1. The molecule has 0 saturated carbocycles. The maximum atomic E-state index is 12.4. The van der Waals surface area contributed by atoms with E-state index in [4.69, 9.17) is 9.47 Å². The zero-order chi connectivity index (χ0) is 17.6. The van der Waals surface area contributed by atoms with Crippen LogP contribution < -0.4 is 10.1 Å². The SMILES string of the molecule is COc1ccc(NC(=O)c2ccc(C(=O)N3CCOCC3)cc2)cc1. The molecule has 0 spiro atoms. The second kappa shape index (κ2) is 7.81. The number of carbonyl (C=O) groups excluding carboxylic acids is 2. The number of amides is 2. The monoisotopic (exact) mass is 340 g/mol. The molecule has 1 heterocycles. The summed E-state index contributed by atoms with van der Waals surface area (Å²) in [6, 6.07) is 13.8. The van der Waals surface area contributed by atoms with E-state index in [1.54, 1.807) is 60.5 Å². The fraction of sp³-hybridized carbons (Fsp3) is 0.263. The average Bonchev–Trinajstić information content (AvgIpc) is 2.69. The fourth-order valence-electron chi connectivity index (χ4n) is 2.59. The first-order chi connectivity index (χ1) is 12.2. The molecule has 6 nitrogen and oxygen atoms in total. The van der Waals surface area contributed by atoms with Gasteiger partial charge < -0.3 is 19.7 Å². The van der Waals surface area contributed by atoms with Crippen LogP contribution in [0.25, 0.3) is 0 Å². The van der Waals surface area contributed by atoms with Crippen molar-refractivity contribution in [3.05, 3.63) is 59.7 Å². The summed E-state index contributed by atoms with van der Waals surface area (Å²) in [6.45, 7) is 2.32. The van der Waals surface area contributed by atoms with Gasteiger partial charge in [-0.2, -0.15) is 0 Å². The van der Waals surface area contributed by atoms with E-state index in [9.17, 15) is 9.59 Å². The van der Waals surface area contributed by atoms with Gasteiger partial charge in [0, 0.05) is 29.9 Å². The lowest BCUT2D eigenvalue weighted by Crippen LogP contribution is -2.40. The number of methoxy groups -OCH3 is 1. The Bertz CT molecular complexity index is 735. The van der Waals surface area contributed by atoms with Crippen LogP contribution in [0.15, 0.2) is 48.5 Å². The highest BCUT2D eigenvalue weighted by atomic mass is 16.5. The predicted octanol–water partition coefficient (Wildman–Crippen LogP) is 2.42. The van der Waals surface area contributed by atoms with Crippen LogP contribution >= 0.6 is 0 Å². The molecule has 2 amide bonds. The van der Waals surface area contributed by atoms with Gasteiger partial charge >= 0.3 is 0 Å². The maximum Gasteiger partial charge on any atom is 0.255 e. The fourth-order valence-corrected chi connectivity index (χ4v) is 2.59. The molecule has 2 aromatic rings.